The van der Waals surface area contributed by atoms with Crippen molar-refractivity contribution in [3.05, 3.63) is 29.8 Å². The first-order chi connectivity index (χ1) is 10.8. The van der Waals surface area contributed by atoms with Crippen molar-refractivity contribution in [2.45, 2.75) is 45.3 Å². The van der Waals surface area contributed by atoms with Crippen LogP contribution in [-0.4, -0.2) is 61.5 Å². The van der Waals surface area contributed by atoms with Crippen molar-refractivity contribution >= 4 is 12.9 Å². The fraction of sp³-hybridized carbons (Fsp3) is 0.667. The Labute approximate surface area is 141 Å². The maximum absolute atomic E-state index is 10.1. The van der Waals surface area contributed by atoms with E-state index in [2.05, 4.69) is 29.2 Å². The number of ether oxygens (including phenoxy) is 1. The lowest BCUT2D eigenvalue weighted by Crippen LogP contribution is -2.49. The fourth-order valence-electron chi connectivity index (χ4n) is 2.23. The summed E-state index contributed by atoms with van der Waals surface area (Å²) in [5.74, 6) is 0. The average molecular weight is 318 g/mol. The number of hydrogen-bond donors (Lipinski definition) is 1. The molecule has 0 unspecified atom stereocenters. The molecule has 5 heteroatoms. The number of nitrogens with zero attached hydrogens (tertiary/aromatic N) is 1. The Balaban J connectivity index is 1.80. The Morgan fingerprint density at radius 3 is 2.30 bits per heavy atom. The van der Waals surface area contributed by atoms with Gasteiger partial charge in [-0.3, -0.25) is 4.90 Å². The van der Waals surface area contributed by atoms with Crippen molar-refractivity contribution in [1.29, 1.82) is 0 Å². The first-order valence-electron chi connectivity index (χ1n) is 8.40. The third-order valence-electron chi connectivity index (χ3n) is 4.76. The van der Waals surface area contributed by atoms with E-state index in [0.717, 1.165) is 44.7 Å². The summed E-state index contributed by atoms with van der Waals surface area (Å²) < 4.78 is 11.1. The second-order valence-corrected chi connectivity index (χ2v) is 7.25. The summed E-state index contributed by atoms with van der Waals surface area (Å²) in [4.78, 5) is 2.44. The molecule has 1 fully saturated rings. The minimum atomic E-state index is -0.901. The molecule has 1 aliphatic rings. The van der Waals surface area contributed by atoms with Gasteiger partial charge in [0.05, 0.1) is 24.4 Å². The molecular formula is C18H29BNO3. The van der Waals surface area contributed by atoms with E-state index in [1.54, 1.807) is 21.3 Å². The van der Waals surface area contributed by atoms with Gasteiger partial charge in [-0.1, -0.05) is 29.7 Å². The molecule has 23 heavy (non-hydrogen) atoms. The zero-order chi connectivity index (χ0) is 16.9. The van der Waals surface area contributed by atoms with Gasteiger partial charge >= 0.3 is 7.48 Å². The molecule has 0 atom stereocenters. The van der Waals surface area contributed by atoms with Gasteiger partial charge in [-0.2, -0.15) is 0 Å². The Morgan fingerprint density at radius 2 is 1.74 bits per heavy atom. The van der Waals surface area contributed by atoms with Gasteiger partial charge in [-0.15, -0.1) is 0 Å². The molecule has 1 saturated heterocycles. The fourth-order valence-corrected chi connectivity index (χ4v) is 2.23. The van der Waals surface area contributed by atoms with Crippen LogP contribution in [0.2, 0.25) is 0 Å². The zero-order valence-corrected chi connectivity index (χ0v) is 14.8. The van der Waals surface area contributed by atoms with Crippen LogP contribution >= 0.6 is 0 Å². The van der Waals surface area contributed by atoms with Crippen LogP contribution in [0.1, 0.15) is 33.3 Å². The Bertz CT molecular complexity index is 476. The van der Waals surface area contributed by atoms with E-state index in [4.69, 9.17) is 9.39 Å². The summed E-state index contributed by atoms with van der Waals surface area (Å²) in [6, 6.07) is 8.42. The van der Waals surface area contributed by atoms with Crippen molar-refractivity contribution in [2.24, 2.45) is 0 Å². The van der Waals surface area contributed by atoms with Crippen molar-refractivity contribution in [1.82, 2.24) is 4.90 Å². The van der Waals surface area contributed by atoms with Gasteiger partial charge in [-0.25, -0.2) is 0 Å². The average Bonchev–Trinajstić information content (AvgIpc) is 2.52. The van der Waals surface area contributed by atoms with Gasteiger partial charge in [-0.05, 0) is 39.7 Å². The lowest BCUT2D eigenvalue weighted by atomic mass is 9.82. The minimum absolute atomic E-state index is 0.637. The molecule has 127 valence electrons. The number of rotatable bonds is 7. The molecular weight excluding hydrogens is 289 g/mol. The molecule has 1 radical (unpaired) electrons. The van der Waals surface area contributed by atoms with E-state index < -0.39 is 11.2 Å². The molecule has 1 aromatic rings. The zero-order valence-electron chi connectivity index (χ0n) is 14.8. The summed E-state index contributed by atoms with van der Waals surface area (Å²) >= 11 is 0. The Kier molecular flexibility index (Phi) is 6.26. The molecule has 0 aliphatic carbocycles. The summed E-state index contributed by atoms with van der Waals surface area (Å²) in [6.07, 6.45) is 1.05. The summed E-state index contributed by atoms with van der Waals surface area (Å²) in [7, 11) is 1.73. The maximum Gasteiger partial charge on any atom is 0.330 e. The SMILES string of the molecule is CC(C)(O)C(C)(C)O[B]c1ccc(CCN2CCOCC2)cc1. The van der Waals surface area contributed by atoms with Gasteiger partial charge < -0.3 is 14.5 Å². The van der Waals surface area contributed by atoms with Crippen molar-refractivity contribution in [2.75, 3.05) is 32.8 Å². The second kappa shape index (κ2) is 7.80. The monoisotopic (exact) mass is 318 g/mol. The molecule has 0 bridgehead atoms. The molecule has 4 nitrogen and oxygen atoms in total. The molecule has 0 saturated carbocycles. The van der Waals surface area contributed by atoms with Crippen molar-refractivity contribution < 1.29 is 14.5 Å². The summed E-state index contributed by atoms with van der Waals surface area (Å²) in [5, 5.41) is 10.1. The molecule has 1 N–H and O–H groups in total. The molecule has 0 aromatic heterocycles. The first-order valence-corrected chi connectivity index (χ1v) is 8.40. The quantitative estimate of drug-likeness (QED) is 0.771. The van der Waals surface area contributed by atoms with Crippen LogP contribution in [0.5, 0.6) is 0 Å². The Morgan fingerprint density at radius 1 is 1.13 bits per heavy atom. The van der Waals surface area contributed by atoms with Gasteiger partial charge in [0.15, 0.2) is 0 Å². The lowest BCUT2D eigenvalue weighted by molar-refractivity contribution is -0.0893. The predicted molar refractivity (Wildman–Crippen MR) is 94.3 cm³/mol. The van der Waals surface area contributed by atoms with E-state index in [1.807, 2.05) is 13.8 Å². The van der Waals surface area contributed by atoms with E-state index in [9.17, 15) is 5.11 Å². The van der Waals surface area contributed by atoms with Crippen LogP contribution in [0, 0.1) is 0 Å². The van der Waals surface area contributed by atoms with Gasteiger partial charge in [0.25, 0.3) is 0 Å². The van der Waals surface area contributed by atoms with Crippen LogP contribution in [0.4, 0.5) is 0 Å². The maximum atomic E-state index is 10.1. The van der Waals surface area contributed by atoms with Gasteiger partial charge in [0, 0.05) is 19.6 Å². The topological polar surface area (TPSA) is 41.9 Å². The number of aliphatic hydroxyl groups is 1. The van der Waals surface area contributed by atoms with Crippen LogP contribution < -0.4 is 5.46 Å². The molecule has 2 rings (SSSR count). The summed E-state index contributed by atoms with van der Waals surface area (Å²) in [6.45, 7) is 12.1. The third kappa shape index (κ3) is 5.61. The van der Waals surface area contributed by atoms with Crippen molar-refractivity contribution in [3.8, 4) is 0 Å². The largest absolute Gasteiger partial charge is 0.427 e. The third-order valence-corrected chi connectivity index (χ3v) is 4.76. The second-order valence-electron chi connectivity index (χ2n) is 7.25. The van der Waals surface area contributed by atoms with Gasteiger partial charge in [0.1, 0.15) is 0 Å². The Hall–Kier alpha value is -0.875. The smallest absolute Gasteiger partial charge is 0.330 e. The standard InChI is InChI=1S/C18H29BNO3/c1-17(2,21)18(3,4)23-19-16-7-5-15(6-8-16)9-10-20-11-13-22-14-12-20/h5-8,21H,9-14H2,1-4H3. The van der Waals surface area contributed by atoms with Crippen LogP contribution in [0.15, 0.2) is 24.3 Å². The van der Waals surface area contributed by atoms with Crippen LogP contribution in [-0.2, 0) is 15.8 Å². The highest BCUT2D eigenvalue weighted by Gasteiger charge is 2.35. The highest BCUT2D eigenvalue weighted by molar-refractivity contribution is 6.47. The number of hydrogen-bond acceptors (Lipinski definition) is 4. The molecule has 1 heterocycles. The van der Waals surface area contributed by atoms with Gasteiger partial charge in [0.2, 0.25) is 0 Å². The normalized spacial score (nSPS) is 17.3. The van der Waals surface area contributed by atoms with E-state index >= 15 is 0 Å². The summed E-state index contributed by atoms with van der Waals surface area (Å²) in [5.41, 5.74) is 0.802. The van der Waals surface area contributed by atoms with Crippen LogP contribution in [0.25, 0.3) is 0 Å². The predicted octanol–water partition coefficient (Wildman–Crippen LogP) is 1.37. The number of morpholine rings is 1. The molecule has 1 aromatic carbocycles. The van der Waals surface area contributed by atoms with Crippen molar-refractivity contribution in [3.63, 3.8) is 0 Å². The first kappa shape index (κ1) is 18.5. The molecule has 0 spiro atoms. The molecule has 0 amide bonds. The van der Waals surface area contributed by atoms with E-state index in [-0.39, 0.29) is 0 Å². The van der Waals surface area contributed by atoms with E-state index in [1.165, 1.54) is 5.56 Å². The van der Waals surface area contributed by atoms with E-state index in [0.29, 0.717) is 0 Å². The molecule has 1 aliphatic heterocycles. The minimum Gasteiger partial charge on any atom is -0.427 e. The lowest BCUT2D eigenvalue weighted by Gasteiger charge is -2.37. The highest BCUT2D eigenvalue weighted by Crippen LogP contribution is 2.24. The van der Waals surface area contributed by atoms with Crippen LogP contribution in [0.3, 0.4) is 0 Å². The number of benzene rings is 1. The highest BCUT2D eigenvalue weighted by atomic mass is 16.5.